The van der Waals surface area contributed by atoms with E-state index in [0.29, 0.717) is 13.2 Å². The zero-order valence-corrected chi connectivity index (χ0v) is 20.9. The van der Waals surface area contributed by atoms with Crippen molar-refractivity contribution in [3.63, 3.8) is 0 Å². The molecule has 0 saturated carbocycles. The summed E-state index contributed by atoms with van der Waals surface area (Å²) in [6.07, 6.45) is 1.78. The van der Waals surface area contributed by atoms with Gasteiger partial charge in [-0.1, -0.05) is 72.8 Å². The molecule has 6 aromatic rings. The highest BCUT2D eigenvalue weighted by Crippen LogP contribution is 2.44. The first-order valence-electron chi connectivity index (χ1n) is 12.7. The third kappa shape index (κ3) is 4.13. The Hall–Kier alpha value is -4.04. The van der Waals surface area contributed by atoms with Crippen molar-refractivity contribution in [2.45, 2.75) is 26.7 Å². The molecule has 0 saturated heterocycles. The SMILES string of the molecule is Cc1cc(OCCc2ccccc2)c2ccc3c(OCCc4ccccc4)cc(C)c4ccc1c2c43. The second-order valence-electron chi connectivity index (χ2n) is 9.62. The summed E-state index contributed by atoms with van der Waals surface area (Å²) in [5.74, 6) is 1.91. The molecular formula is C34H30O2. The maximum atomic E-state index is 6.39. The van der Waals surface area contributed by atoms with E-state index < -0.39 is 0 Å². The Labute approximate surface area is 212 Å². The van der Waals surface area contributed by atoms with Crippen LogP contribution in [0.1, 0.15) is 22.3 Å². The molecule has 178 valence electrons. The Bertz CT molecular complexity index is 1510. The Morgan fingerprint density at radius 2 is 0.861 bits per heavy atom. The van der Waals surface area contributed by atoms with Crippen LogP contribution in [0, 0.1) is 13.8 Å². The zero-order valence-electron chi connectivity index (χ0n) is 20.9. The third-order valence-electron chi connectivity index (χ3n) is 7.22. The van der Waals surface area contributed by atoms with Crippen molar-refractivity contribution in [3.05, 3.63) is 119 Å². The summed E-state index contributed by atoms with van der Waals surface area (Å²) < 4.78 is 12.8. The van der Waals surface area contributed by atoms with E-state index in [9.17, 15) is 0 Å². The van der Waals surface area contributed by atoms with E-state index >= 15 is 0 Å². The van der Waals surface area contributed by atoms with Gasteiger partial charge in [-0.3, -0.25) is 0 Å². The first-order valence-corrected chi connectivity index (χ1v) is 12.7. The standard InChI is InChI=1S/C34H30O2/c1-23-21-31(35-19-17-25-9-5-3-6-10-25)29-15-16-30-32(36-20-18-26-11-7-4-8-12-26)22-24(2)28-14-13-27(23)33(29)34(28)30/h3-16,21-22H,17-20H2,1-2H3. The number of rotatable bonds is 8. The third-order valence-corrected chi connectivity index (χ3v) is 7.22. The minimum atomic E-state index is 0.653. The number of hydrogen-bond donors (Lipinski definition) is 0. The van der Waals surface area contributed by atoms with Gasteiger partial charge in [-0.05, 0) is 71.1 Å². The van der Waals surface area contributed by atoms with Gasteiger partial charge in [0.05, 0.1) is 13.2 Å². The first kappa shape index (κ1) is 22.4. The molecular weight excluding hydrogens is 440 g/mol. The van der Waals surface area contributed by atoms with Crippen LogP contribution in [0.15, 0.2) is 97.1 Å². The van der Waals surface area contributed by atoms with Crippen LogP contribution >= 0.6 is 0 Å². The lowest BCUT2D eigenvalue weighted by Crippen LogP contribution is -2.04. The minimum Gasteiger partial charge on any atom is -0.493 e. The van der Waals surface area contributed by atoms with E-state index in [1.165, 1.54) is 54.6 Å². The molecule has 6 aromatic carbocycles. The normalized spacial score (nSPS) is 11.5. The van der Waals surface area contributed by atoms with Gasteiger partial charge in [0.15, 0.2) is 0 Å². The molecule has 0 aromatic heterocycles. The molecule has 0 aliphatic carbocycles. The van der Waals surface area contributed by atoms with E-state index in [1.807, 2.05) is 0 Å². The maximum absolute atomic E-state index is 6.39. The number of benzene rings is 6. The Kier molecular flexibility index (Phi) is 5.95. The van der Waals surface area contributed by atoms with Gasteiger partial charge in [-0.15, -0.1) is 0 Å². The van der Waals surface area contributed by atoms with Crippen molar-refractivity contribution in [2.75, 3.05) is 13.2 Å². The quantitative estimate of drug-likeness (QED) is 0.208. The molecule has 0 spiro atoms. The van der Waals surface area contributed by atoms with E-state index in [4.69, 9.17) is 9.47 Å². The summed E-state index contributed by atoms with van der Waals surface area (Å²) in [5, 5.41) is 7.44. The summed E-state index contributed by atoms with van der Waals surface area (Å²) in [6.45, 7) is 5.67. The Morgan fingerprint density at radius 1 is 0.472 bits per heavy atom. The fourth-order valence-corrected chi connectivity index (χ4v) is 5.35. The molecule has 0 atom stereocenters. The number of aryl methyl sites for hydroxylation is 2. The monoisotopic (exact) mass is 470 g/mol. The molecule has 0 amide bonds. The molecule has 0 fully saturated rings. The van der Waals surface area contributed by atoms with Gasteiger partial charge in [0, 0.05) is 34.4 Å². The van der Waals surface area contributed by atoms with Crippen LogP contribution < -0.4 is 9.47 Å². The largest absolute Gasteiger partial charge is 0.493 e. The van der Waals surface area contributed by atoms with Crippen LogP contribution in [0.4, 0.5) is 0 Å². The van der Waals surface area contributed by atoms with Crippen LogP contribution in [0.3, 0.4) is 0 Å². The van der Waals surface area contributed by atoms with Crippen molar-refractivity contribution >= 4 is 32.3 Å². The average molecular weight is 471 g/mol. The van der Waals surface area contributed by atoms with Crippen LogP contribution in [0.5, 0.6) is 11.5 Å². The summed E-state index contributed by atoms with van der Waals surface area (Å²) >= 11 is 0. The topological polar surface area (TPSA) is 18.5 Å². The molecule has 2 nitrogen and oxygen atoms in total. The van der Waals surface area contributed by atoms with Crippen molar-refractivity contribution in [2.24, 2.45) is 0 Å². The molecule has 0 radical (unpaired) electrons. The van der Waals surface area contributed by atoms with E-state index in [-0.39, 0.29) is 0 Å². The number of hydrogen-bond acceptors (Lipinski definition) is 2. The minimum absolute atomic E-state index is 0.653. The number of ether oxygens (including phenoxy) is 2. The molecule has 6 rings (SSSR count). The van der Waals surface area contributed by atoms with Crippen molar-refractivity contribution in [1.29, 1.82) is 0 Å². The first-order chi connectivity index (χ1) is 17.7. The summed E-state index contributed by atoms with van der Waals surface area (Å²) in [4.78, 5) is 0. The van der Waals surface area contributed by atoms with Gasteiger partial charge in [0.2, 0.25) is 0 Å². The van der Waals surface area contributed by atoms with Crippen molar-refractivity contribution in [3.8, 4) is 11.5 Å². The second kappa shape index (κ2) is 9.54. The van der Waals surface area contributed by atoms with Crippen LogP contribution in [0.2, 0.25) is 0 Å². The molecule has 0 heterocycles. The van der Waals surface area contributed by atoms with Gasteiger partial charge in [-0.25, -0.2) is 0 Å². The highest BCUT2D eigenvalue weighted by Gasteiger charge is 2.17. The zero-order chi connectivity index (χ0) is 24.5. The van der Waals surface area contributed by atoms with Gasteiger partial charge >= 0.3 is 0 Å². The maximum Gasteiger partial charge on any atom is 0.127 e. The molecule has 0 unspecified atom stereocenters. The predicted octanol–water partition coefficient (Wildman–Crippen LogP) is 8.44. The van der Waals surface area contributed by atoms with Gasteiger partial charge in [0.25, 0.3) is 0 Å². The molecule has 0 aliphatic heterocycles. The Balaban J connectivity index is 1.38. The lowest BCUT2D eigenvalue weighted by molar-refractivity contribution is 0.325. The van der Waals surface area contributed by atoms with Crippen LogP contribution in [-0.2, 0) is 12.8 Å². The molecule has 0 bridgehead atoms. The van der Waals surface area contributed by atoms with Gasteiger partial charge in [0.1, 0.15) is 11.5 Å². The molecule has 0 N–H and O–H groups in total. The molecule has 0 aliphatic rings. The van der Waals surface area contributed by atoms with E-state index in [1.54, 1.807) is 0 Å². The van der Waals surface area contributed by atoms with E-state index in [0.717, 1.165) is 24.3 Å². The summed E-state index contributed by atoms with van der Waals surface area (Å²) in [5.41, 5.74) is 5.05. The molecule has 2 heteroatoms. The highest BCUT2D eigenvalue weighted by molar-refractivity contribution is 6.26. The lowest BCUT2D eigenvalue weighted by atomic mass is 9.89. The fraction of sp³-hybridized carbons (Fsp3) is 0.176. The predicted molar refractivity (Wildman–Crippen MR) is 151 cm³/mol. The summed E-state index contributed by atoms with van der Waals surface area (Å²) in [7, 11) is 0. The summed E-state index contributed by atoms with van der Waals surface area (Å²) in [6, 6.07) is 34.4. The lowest BCUT2D eigenvalue weighted by Gasteiger charge is -2.19. The highest BCUT2D eigenvalue weighted by atomic mass is 16.5. The molecule has 36 heavy (non-hydrogen) atoms. The average Bonchev–Trinajstić information content (AvgIpc) is 2.91. The Morgan fingerprint density at radius 3 is 1.28 bits per heavy atom. The van der Waals surface area contributed by atoms with Crippen molar-refractivity contribution < 1.29 is 9.47 Å². The second-order valence-corrected chi connectivity index (χ2v) is 9.62. The van der Waals surface area contributed by atoms with Gasteiger partial charge in [-0.2, -0.15) is 0 Å². The smallest absolute Gasteiger partial charge is 0.127 e. The van der Waals surface area contributed by atoms with Gasteiger partial charge < -0.3 is 9.47 Å². The van der Waals surface area contributed by atoms with Crippen molar-refractivity contribution in [1.82, 2.24) is 0 Å². The van der Waals surface area contributed by atoms with Crippen LogP contribution in [-0.4, -0.2) is 13.2 Å². The van der Waals surface area contributed by atoms with E-state index in [2.05, 4.69) is 111 Å². The fourth-order valence-electron chi connectivity index (χ4n) is 5.35. The van der Waals surface area contributed by atoms with Crippen LogP contribution in [0.25, 0.3) is 32.3 Å².